The topological polar surface area (TPSA) is 91.7 Å². The summed E-state index contributed by atoms with van der Waals surface area (Å²) in [5.41, 5.74) is -5.32. The fraction of sp³-hybridized carbons (Fsp3) is 0.250. The van der Waals surface area contributed by atoms with E-state index in [0.29, 0.717) is 5.25 Å². The average Bonchev–Trinajstić information content (AvgIpc) is 1.84. The van der Waals surface area contributed by atoms with Crippen LogP contribution in [0.1, 0.15) is 0 Å². The lowest BCUT2D eigenvalue weighted by molar-refractivity contribution is -0.0420. The lowest BCUT2D eigenvalue weighted by Crippen LogP contribution is -2.20. The number of alkyl halides is 3. The minimum Gasteiger partial charge on any atom is -0.450 e. The SMILES string of the molecule is C#CS(=O)(=O)C(F)(F)F.O=C(O)O. The molecule has 0 aromatic heterocycles. The zero-order chi connectivity index (χ0) is 11.3. The van der Waals surface area contributed by atoms with Crippen LogP contribution in [0.25, 0.3) is 0 Å². The molecule has 0 saturated carbocycles. The molecule has 0 aliphatic rings. The Kier molecular flexibility index (Phi) is 4.95. The second-order valence-electron chi connectivity index (χ2n) is 1.35. The molecule has 0 atom stereocenters. The minimum absolute atomic E-state index is 0.628. The van der Waals surface area contributed by atoms with Gasteiger partial charge in [0.25, 0.3) is 0 Å². The predicted molar refractivity (Wildman–Crippen MR) is 34.5 cm³/mol. The third kappa shape index (κ3) is 6.95. The van der Waals surface area contributed by atoms with Crippen molar-refractivity contribution < 1.29 is 36.6 Å². The Morgan fingerprint density at radius 2 is 1.54 bits per heavy atom. The fourth-order valence-corrected chi connectivity index (χ4v) is 0.200. The Hall–Kier alpha value is -1.43. The van der Waals surface area contributed by atoms with Crippen LogP contribution in [0.5, 0.6) is 0 Å². The summed E-state index contributed by atoms with van der Waals surface area (Å²) in [4.78, 5) is 8.56. The molecule has 0 radical (unpaired) electrons. The Labute approximate surface area is 70.7 Å². The number of halogens is 3. The number of carboxylic acid groups (broad SMARTS) is 2. The summed E-state index contributed by atoms with van der Waals surface area (Å²) in [6.07, 6.45) is 2.20. The number of hydrogen-bond donors (Lipinski definition) is 2. The molecule has 0 rings (SSSR count). The predicted octanol–water partition coefficient (Wildman–Crippen LogP) is 0.734. The Bertz CT molecular complexity index is 304. The van der Waals surface area contributed by atoms with Gasteiger partial charge in [-0.2, -0.15) is 13.2 Å². The van der Waals surface area contributed by atoms with Gasteiger partial charge in [-0.1, -0.05) is 0 Å². The standard InChI is InChI=1S/C3HF3O2S.CH2O3/c1-2-9(7,8)3(4,5)6;2-1(3)4/h1H;(H2,2,3,4). The number of rotatable bonds is 0. The molecule has 0 heterocycles. The van der Waals surface area contributed by atoms with Crippen LogP contribution >= 0.6 is 0 Å². The molecule has 0 spiro atoms. The number of terminal acetylenes is 1. The first-order valence-corrected chi connectivity index (χ1v) is 3.73. The van der Waals surface area contributed by atoms with Gasteiger partial charge in [-0.05, 0) is 0 Å². The largest absolute Gasteiger partial charge is 0.509 e. The molecule has 13 heavy (non-hydrogen) atoms. The summed E-state index contributed by atoms with van der Waals surface area (Å²) in [5, 5.41) is 14.6. The number of sulfone groups is 1. The van der Waals surface area contributed by atoms with Crippen LogP contribution in [0.2, 0.25) is 0 Å². The normalized spacial score (nSPS) is 10.6. The molecule has 5 nitrogen and oxygen atoms in total. The Morgan fingerprint density at radius 1 is 1.31 bits per heavy atom. The summed E-state index contributed by atoms with van der Waals surface area (Å²) in [6, 6.07) is 0. The summed E-state index contributed by atoms with van der Waals surface area (Å²) in [5.74, 6) is 0. The van der Waals surface area contributed by atoms with Gasteiger partial charge in [0.1, 0.15) is 0 Å². The quantitative estimate of drug-likeness (QED) is 0.464. The zero-order valence-electron chi connectivity index (χ0n) is 5.74. The Balaban J connectivity index is 0. The first-order valence-electron chi connectivity index (χ1n) is 2.25. The molecule has 0 bridgehead atoms. The van der Waals surface area contributed by atoms with E-state index < -0.39 is 21.5 Å². The van der Waals surface area contributed by atoms with Gasteiger partial charge in [0.2, 0.25) is 0 Å². The van der Waals surface area contributed by atoms with Crippen LogP contribution in [0.15, 0.2) is 0 Å². The van der Waals surface area contributed by atoms with E-state index in [2.05, 4.69) is 6.42 Å². The highest BCUT2D eigenvalue weighted by atomic mass is 32.2. The monoisotopic (exact) mass is 220 g/mol. The Morgan fingerprint density at radius 3 is 1.54 bits per heavy atom. The van der Waals surface area contributed by atoms with Crippen molar-refractivity contribution in [2.24, 2.45) is 0 Å². The van der Waals surface area contributed by atoms with Crippen LogP contribution in [0, 0.1) is 11.7 Å². The van der Waals surface area contributed by atoms with E-state index >= 15 is 0 Å². The molecule has 9 heteroatoms. The molecule has 0 aromatic carbocycles. The second kappa shape index (κ2) is 4.56. The van der Waals surface area contributed by atoms with E-state index in [0.717, 1.165) is 0 Å². The van der Waals surface area contributed by atoms with Gasteiger partial charge in [-0.15, -0.1) is 6.42 Å². The van der Waals surface area contributed by atoms with Crippen molar-refractivity contribution >= 4 is 16.0 Å². The van der Waals surface area contributed by atoms with Crippen molar-refractivity contribution in [2.75, 3.05) is 0 Å². The third-order valence-electron chi connectivity index (χ3n) is 0.460. The molecule has 0 aliphatic heterocycles. The van der Waals surface area contributed by atoms with E-state index in [1.54, 1.807) is 0 Å². The molecule has 0 amide bonds. The van der Waals surface area contributed by atoms with Crippen molar-refractivity contribution in [1.29, 1.82) is 0 Å². The van der Waals surface area contributed by atoms with Crippen molar-refractivity contribution in [1.82, 2.24) is 0 Å². The van der Waals surface area contributed by atoms with E-state index in [4.69, 9.17) is 15.0 Å². The molecular weight excluding hydrogens is 217 g/mol. The van der Waals surface area contributed by atoms with E-state index in [-0.39, 0.29) is 0 Å². The minimum atomic E-state index is -5.32. The summed E-state index contributed by atoms with van der Waals surface area (Å²) < 4.78 is 52.6. The van der Waals surface area contributed by atoms with Gasteiger partial charge < -0.3 is 10.2 Å². The summed E-state index contributed by atoms with van der Waals surface area (Å²) in [7, 11) is -5.31. The number of carbonyl (C=O) groups is 1. The van der Waals surface area contributed by atoms with E-state index in [1.165, 1.54) is 0 Å². The van der Waals surface area contributed by atoms with Gasteiger partial charge in [-0.3, -0.25) is 0 Å². The average molecular weight is 220 g/mol. The molecular formula is C4H3F3O5S. The zero-order valence-corrected chi connectivity index (χ0v) is 6.56. The van der Waals surface area contributed by atoms with Crippen LogP contribution in [-0.2, 0) is 9.84 Å². The molecule has 0 aromatic rings. The maximum absolute atomic E-state index is 11.1. The lowest BCUT2D eigenvalue weighted by atomic mass is 11.4. The summed E-state index contributed by atoms with van der Waals surface area (Å²) >= 11 is 0. The summed E-state index contributed by atoms with van der Waals surface area (Å²) in [6.45, 7) is 0. The number of hydrogen-bond acceptors (Lipinski definition) is 3. The highest BCUT2D eigenvalue weighted by Gasteiger charge is 2.44. The highest BCUT2D eigenvalue weighted by molar-refractivity contribution is 7.96. The van der Waals surface area contributed by atoms with Gasteiger partial charge in [0.05, 0.1) is 0 Å². The molecule has 0 saturated heterocycles. The van der Waals surface area contributed by atoms with Gasteiger partial charge in [-0.25, -0.2) is 13.2 Å². The van der Waals surface area contributed by atoms with Crippen LogP contribution < -0.4 is 0 Å². The van der Waals surface area contributed by atoms with Gasteiger partial charge in [0, 0.05) is 5.25 Å². The first-order chi connectivity index (χ1) is 5.54. The highest BCUT2D eigenvalue weighted by Crippen LogP contribution is 2.22. The third-order valence-corrected chi connectivity index (χ3v) is 1.38. The molecule has 0 aliphatic carbocycles. The second-order valence-corrected chi connectivity index (χ2v) is 3.06. The molecule has 0 unspecified atom stereocenters. The molecule has 2 N–H and O–H groups in total. The van der Waals surface area contributed by atoms with Crippen LogP contribution in [0.3, 0.4) is 0 Å². The molecule has 76 valence electrons. The maximum atomic E-state index is 11.1. The van der Waals surface area contributed by atoms with E-state index in [9.17, 15) is 21.6 Å². The first kappa shape index (κ1) is 14.1. The van der Waals surface area contributed by atoms with Crippen molar-refractivity contribution in [3.05, 3.63) is 0 Å². The van der Waals surface area contributed by atoms with Crippen LogP contribution in [0.4, 0.5) is 18.0 Å². The van der Waals surface area contributed by atoms with Crippen molar-refractivity contribution in [2.45, 2.75) is 5.51 Å². The van der Waals surface area contributed by atoms with Crippen LogP contribution in [-0.4, -0.2) is 30.3 Å². The van der Waals surface area contributed by atoms with Gasteiger partial charge in [0.15, 0.2) is 0 Å². The molecule has 0 fully saturated rings. The van der Waals surface area contributed by atoms with E-state index in [1.807, 2.05) is 0 Å². The smallest absolute Gasteiger partial charge is 0.450 e. The van der Waals surface area contributed by atoms with Crippen molar-refractivity contribution in [3.8, 4) is 11.7 Å². The fourth-order valence-electron chi connectivity index (χ4n) is 0.0668. The van der Waals surface area contributed by atoms with Gasteiger partial charge >= 0.3 is 21.5 Å². The van der Waals surface area contributed by atoms with Crippen molar-refractivity contribution in [3.63, 3.8) is 0 Å². The maximum Gasteiger partial charge on any atom is 0.509 e. The lowest BCUT2D eigenvalue weighted by Gasteiger charge is -1.98.